The highest BCUT2D eigenvalue weighted by atomic mass is 19.1. The zero-order valence-corrected chi connectivity index (χ0v) is 11.8. The minimum Gasteiger partial charge on any atom is -0.358 e. The molecule has 0 atom stereocenters. The van der Waals surface area contributed by atoms with Crippen molar-refractivity contribution in [3.8, 4) is 0 Å². The third-order valence-electron chi connectivity index (χ3n) is 3.45. The number of hydrogen-bond acceptors (Lipinski definition) is 2. The Morgan fingerprint density at radius 3 is 2.50 bits per heavy atom. The average molecular weight is 296 g/mol. The zero-order valence-electron chi connectivity index (χ0n) is 11.8. The number of ketones is 1. The van der Waals surface area contributed by atoms with E-state index in [9.17, 15) is 14.0 Å². The molecule has 5 heteroatoms. The maximum Gasteiger partial charge on any atom is 0.296 e. The Labute approximate surface area is 126 Å². The van der Waals surface area contributed by atoms with Crippen LogP contribution in [0.4, 0.5) is 10.1 Å². The first-order valence-corrected chi connectivity index (χ1v) is 6.75. The van der Waals surface area contributed by atoms with E-state index >= 15 is 0 Å². The number of para-hydroxylation sites is 2. The predicted molar refractivity (Wildman–Crippen MR) is 82.4 cm³/mol. The van der Waals surface area contributed by atoms with E-state index in [2.05, 4.69) is 10.3 Å². The second-order valence-corrected chi connectivity index (χ2v) is 4.93. The normalized spacial score (nSPS) is 10.6. The number of nitrogens with one attached hydrogen (secondary N) is 2. The molecule has 1 amide bonds. The molecule has 0 aliphatic carbocycles. The molecule has 110 valence electrons. The molecule has 4 nitrogen and oxygen atoms in total. The third-order valence-corrected chi connectivity index (χ3v) is 3.45. The van der Waals surface area contributed by atoms with Crippen LogP contribution in [0, 0.1) is 12.7 Å². The largest absolute Gasteiger partial charge is 0.358 e. The topological polar surface area (TPSA) is 62.0 Å². The van der Waals surface area contributed by atoms with Crippen LogP contribution in [0.1, 0.15) is 16.1 Å². The number of Topliss-reactive ketones (excluding diaryl/α,β-unsaturated/α-hetero) is 1. The Morgan fingerprint density at radius 2 is 1.73 bits per heavy atom. The molecule has 0 bridgehead atoms. The van der Waals surface area contributed by atoms with Gasteiger partial charge in [-0.15, -0.1) is 0 Å². The summed E-state index contributed by atoms with van der Waals surface area (Å²) in [6.45, 7) is 1.73. The first kappa shape index (κ1) is 14.0. The lowest BCUT2D eigenvalue weighted by Gasteiger charge is -2.05. The van der Waals surface area contributed by atoms with Crippen LogP contribution in [0.2, 0.25) is 0 Å². The van der Waals surface area contributed by atoms with Crippen molar-refractivity contribution in [1.29, 1.82) is 0 Å². The van der Waals surface area contributed by atoms with E-state index in [1.54, 1.807) is 25.1 Å². The van der Waals surface area contributed by atoms with Crippen LogP contribution >= 0.6 is 0 Å². The number of rotatable bonds is 3. The Kier molecular flexibility index (Phi) is 3.47. The quantitative estimate of drug-likeness (QED) is 0.574. The van der Waals surface area contributed by atoms with Crippen molar-refractivity contribution >= 4 is 28.3 Å². The number of amides is 1. The molecule has 2 N–H and O–H groups in total. The lowest BCUT2D eigenvalue weighted by molar-refractivity contribution is -0.112. The number of aryl methyl sites for hydroxylation is 1. The molecule has 0 spiro atoms. The van der Waals surface area contributed by atoms with Crippen LogP contribution in [-0.4, -0.2) is 16.7 Å². The number of aromatic amines is 1. The number of benzene rings is 2. The predicted octanol–water partition coefficient (Wildman–Crippen LogP) is 3.44. The van der Waals surface area contributed by atoms with E-state index in [-0.39, 0.29) is 5.69 Å². The second kappa shape index (κ2) is 5.44. The van der Waals surface area contributed by atoms with Gasteiger partial charge in [-0.25, -0.2) is 4.39 Å². The van der Waals surface area contributed by atoms with Crippen molar-refractivity contribution in [2.75, 3.05) is 5.32 Å². The maximum atomic E-state index is 13.6. The first-order valence-electron chi connectivity index (χ1n) is 6.75. The van der Waals surface area contributed by atoms with Gasteiger partial charge in [0.2, 0.25) is 0 Å². The highest BCUT2D eigenvalue weighted by Crippen LogP contribution is 2.23. The van der Waals surface area contributed by atoms with Gasteiger partial charge in [0.15, 0.2) is 0 Å². The molecule has 0 fully saturated rings. The zero-order chi connectivity index (χ0) is 15.7. The highest BCUT2D eigenvalue weighted by Gasteiger charge is 2.23. The molecule has 1 heterocycles. The van der Waals surface area contributed by atoms with Gasteiger partial charge in [-0.2, -0.15) is 0 Å². The molecule has 3 aromatic rings. The van der Waals surface area contributed by atoms with Crippen LogP contribution in [0.25, 0.3) is 10.9 Å². The van der Waals surface area contributed by atoms with Crippen molar-refractivity contribution in [3.05, 3.63) is 65.6 Å². The highest BCUT2D eigenvalue weighted by molar-refractivity contribution is 6.48. The lowest BCUT2D eigenvalue weighted by Crippen LogP contribution is -2.23. The Balaban J connectivity index is 1.94. The number of halogens is 1. The van der Waals surface area contributed by atoms with E-state index in [0.29, 0.717) is 16.6 Å². The summed E-state index contributed by atoms with van der Waals surface area (Å²) in [4.78, 5) is 27.6. The third kappa shape index (κ3) is 2.37. The molecule has 0 saturated heterocycles. The smallest absolute Gasteiger partial charge is 0.296 e. The van der Waals surface area contributed by atoms with E-state index < -0.39 is 17.5 Å². The molecule has 22 heavy (non-hydrogen) atoms. The summed E-state index contributed by atoms with van der Waals surface area (Å²) in [6.07, 6.45) is 0. The molecule has 0 aliphatic heterocycles. The van der Waals surface area contributed by atoms with E-state index in [1.165, 1.54) is 18.2 Å². The van der Waals surface area contributed by atoms with Crippen LogP contribution in [-0.2, 0) is 4.79 Å². The van der Waals surface area contributed by atoms with Crippen LogP contribution < -0.4 is 5.32 Å². The van der Waals surface area contributed by atoms with Crippen LogP contribution in [0.3, 0.4) is 0 Å². The number of carbonyl (C=O) groups excluding carboxylic acids is 2. The number of anilines is 1. The summed E-state index contributed by atoms with van der Waals surface area (Å²) in [5.41, 5.74) is 1.68. The van der Waals surface area contributed by atoms with Gasteiger partial charge in [-0.1, -0.05) is 30.3 Å². The molecule has 3 rings (SSSR count). The number of aromatic nitrogens is 1. The van der Waals surface area contributed by atoms with Gasteiger partial charge in [-0.3, -0.25) is 9.59 Å². The number of carbonyl (C=O) groups is 2. The van der Waals surface area contributed by atoms with Crippen LogP contribution in [0.5, 0.6) is 0 Å². The summed E-state index contributed by atoms with van der Waals surface area (Å²) >= 11 is 0. The Hall–Kier alpha value is -2.95. The van der Waals surface area contributed by atoms with Gasteiger partial charge in [-0.05, 0) is 25.1 Å². The molecule has 1 aromatic heterocycles. The molecule has 2 aromatic carbocycles. The molecule has 0 saturated carbocycles. The van der Waals surface area contributed by atoms with Gasteiger partial charge >= 0.3 is 0 Å². The fourth-order valence-corrected chi connectivity index (χ4v) is 2.42. The standard InChI is InChI=1S/C17H13FN2O2/c1-10-15(11-6-2-4-8-13(11)19-10)16(21)17(22)20-14-9-5-3-7-12(14)18/h2-9,19H,1H3,(H,20,22). The first-order chi connectivity index (χ1) is 10.6. The van der Waals surface area contributed by atoms with Gasteiger partial charge in [0, 0.05) is 16.6 Å². The number of hydrogen-bond donors (Lipinski definition) is 2. The van der Waals surface area contributed by atoms with Gasteiger partial charge in [0.05, 0.1) is 11.3 Å². The van der Waals surface area contributed by atoms with Crippen molar-refractivity contribution in [2.45, 2.75) is 6.92 Å². The van der Waals surface area contributed by atoms with Crippen molar-refractivity contribution in [3.63, 3.8) is 0 Å². The molecule has 0 radical (unpaired) electrons. The van der Waals surface area contributed by atoms with Crippen LogP contribution in [0.15, 0.2) is 48.5 Å². The average Bonchev–Trinajstić information content (AvgIpc) is 2.84. The molecular formula is C17H13FN2O2. The number of H-pyrrole nitrogens is 1. The fourth-order valence-electron chi connectivity index (χ4n) is 2.42. The maximum absolute atomic E-state index is 13.6. The van der Waals surface area contributed by atoms with E-state index in [1.807, 2.05) is 12.1 Å². The van der Waals surface area contributed by atoms with E-state index in [0.717, 1.165) is 5.52 Å². The second-order valence-electron chi connectivity index (χ2n) is 4.93. The fraction of sp³-hybridized carbons (Fsp3) is 0.0588. The summed E-state index contributed by atoms with van der Waals surface area (Å²) in [6, 6.07) is 12.9. The van der Waals surface area contributed by atoms with Gasteiger partial charge in [0.1, 0.15) is 5.82 Å². The van der Waals surface area contributed by atoms with Gasteiger partial charge in [0.25, 0.3) is 11.7 Å². The SMILES string of the molecule is Cc1[nH]c2ccccc2c1C(=O)C(=O)Nc1ccccc1F. The summed E-state index contributed by atoms with van der Waals surface area (Å²) in [5, 5.41) is 2.99. The van der Waals surface area contributed by atoms with E-state index in [4.69, 9.17) is 0 Å². The van der Waals surface area contributed by atoms with Crippen molar-refractivity contribution in [1.82, 2.24) is 4.98 Å². The Bertz CT molecular complexity index is 883. The lowest BCUT2D eigenvalue weighted by atomic mass is 10.1. The van der Waals surface area contributed by atoms with Crippen molar-refractivity contribution < 1.29 is 14.0 Å². The minimum atomic E-state index is -0.863. The molecular weight excluding hydrogens is 283 g/mol. The van der Waals surface area contributed by atoms with Gasteiger partial charge < -0.3 is 10.3 Å². The summed E-state index contributed by atoms with van der Waals surface area (Å²) in [5.74, 6) is -2.14. The molecule has 0 unspecified atom stereocenters. The summed E-state index contributed by atoms with van der Waals surface area (Å²) in [7, 11) is 0. The molecule has 0 aliphatic rings. The summed E-state index contributed by atoms with van der Waals surface area (Å²) < 4.78 is 13.6. The Morgan fingerprint density at radius 1 is 1.05 bits per heavy atom. The van der Waals surface area contributed by atoms with Crippen molar-refractivity contribution in [2.24, 2.45) is 0 Å². The number of fused-ring (bicyclic) bond motifs is 1. The minimum absolute atomic E-state index is 0.0154. The monoisotopic (exact) mass is 296 g/mol.